The van der Waals surface area contributed by atoms with Gasteiger partial charge in [-0.15, -0.1) is 0 Å². The Bertz CT molecular complexity index is 1170. The van der Waals surface area contributed by atoms with Crippen LogP contribution in [0, 0.1) is 5.92 Å². The molecule has 0 radical (unpaired) electrons. The molecule has 0 aromatic carbocycles. The molecule has 3 aromatic heterocycles. The predicted molar refractivity (Wildman–Crippen MR) is 108 cm³/mol. The van der Waals surface area contributed by atoms with Gasteiger partial charge in [-0.2, -0.15) is 5.10 Å². The fourth-order valence-electron chi connectivity index (χ4n) is 3.89. The molecule has 0 aliphatic carbocycles. The van der Waals surface area contributed by atoms with Gasteiger partial charge in [-0.1, -0.05) is 0 Å². The lowest BCUT2D eigenvalue weighted by Gasteiger charge is -2.38. The van der Waals surface area contributed by atoms with Gasteiger partial charge < -0.3 is 4.90 Å². The summed E-state index contributed by atoms with van der Waals surface area (Å²) < 4.78 is 50.9. The van der Waals surface area contributed by atoms with Crippen molar-refractivity contribution < 1.29 is 17.2 Å². The topological polar surface area (TPSA) is 93.4 Å². The molecule has 4 heterocycles. The second-order valence-corrected chi connectivity index (χ2v) is 9.96. The van der Waals surface area contributed by atoms with Crippen molar-refractivity contribution in [2.24, 2.45) is 5.92 Å². The first-order valence-electron chi connectivity index (χ1n) is 9.61. The largest absolute Gasteiger partial charge is 0.353 e. The molecular formula is C19H22F2N6O2S. The molecule has 1 fully saturated rings. The van der Waals surface area contributed by atoms with E-state index in [2.05, 4.69) is 31.9 Å². The third kappa shape index (κ3) is 4.25. The molecule has 1 aliphatic heterocycles. The Balaban J connectivity index is 1.67. The lowest BCUT2D eigenvalue weighted by Crippen LogP contribution is -2.44. The van der Waals surface area contributed by atoms with Crippen molar-refractivity contribution in [2.75, 3.05) is 23.5 Å². The van der Waals surface area contributed by atoms with E-state index in [0.717, 1.165) is 12.8 Å². The number of anilines is 1. The normalized spacial score (nSPS) is 20.2. The van der Waals surface area contributed by atoms with E-state index < -0.39 is 16.3 Å². The summed E-state index contributed by atoms with van der Waals surface area (Å²) in [5.41, 5.74) is 1.08. The van der Waals surface area contributed by atoms with Crippen LogP contribution in [0.4, 0.5) is 14.6 Å². The van der Waals surface area contributed by atoms with Gasteiger partial charge in [0.25, 0.3) is 6.43 Å². The average Bonchev–Trinajstić information content (AvgIpc) is 3.11. The maximum Gasteiger partial charge on any atom is 0.282 e. The van der Waals surface area contributed by atoms with Gasteiger partial charge in [-0.3, -0.25) is 0 Å². The summed E-state index contributed by atoms with van der Waals surface area (Å²) in [5, 5.41) is 3.98. The quantitative estimate of drug-likeness (QED) is 0.607. The number of aromatic nitrogens is 5. The van der Waals surface area contributed by atoms with Gasteiger partial charge in [0.15, 0.2) is 5.65 Å². The van der Waals surface area contributed by atoms with Crippen LogP contribution >= 0.6 is 0 Å². The number of nitrogens with zero attached hydrogens (tertiary/aromatic N) is 6. The molecule has 0 bridgehead atoms. The molecule has 0 amide bonds. The molecule has 3 aromatic rings. The molecular weight excluding hydrogens is 414 g/mol. The van der Waals surface area contributed by atoms with Crippen molar-refractivity contribution in [2.45, 2.75) is 32.2 Å². The van der Waals surface area contributed by atoms with Crippen molar-refractivity contribution in [1.29, 1.82) is 0 Å². The number of halogens is 2. The molecule has 1 aliphatic rings. The highest BCUT2D eigenvalue weighted by Crippen LogP contribution is 2.29. The first-order chi connectivity index (χ1) is 14.2. The highest BCUT2D eigenvalue weighted by molar-refractivity contribution is 7.90. The second-order valence-electron chi connectivity index (χ2n) is 7.77. The third-order valence-electron chi connectivity index (χ3n) is 5.33. The summed E-state index contributed by atoms with van der Waals surface area (Å²) in [6, 6.07) is 4.69. The van der Waals surface area contributed by atoms with Crippen molar-refractivity contribution in [3.63, 3.8) is 0 Å². The molecule has 30 heavy (non-hydrogen) atoms. The standard InChI is InChI=1S/C19H22F2N6O2S/c1-12-3-4-13(10-30(2,28)29)9-26(12)18-7-15(23-11-24-18)16-8-22-17-6-5-14(19(20)21)25-27(16)17/h5-8,11-13,19H,3-4,9-10H2,1-2H3. The number of alkyl halides is 2. The summed E-state index contributed by atoms with van der Waals surface area (Å²) >= 11 is 0. The highest BCUT2D eigenvalue weighted by atomic mass is 32.2. The van der Waals surface area contributed by atoms with Crippen LogP contribution in [-0.2, 0) is 9.84 Å². The van der Waals surface area contributed by atoms with E-state index in [9.17, 15) is 17.2 Å². The van der Waals surface area contributed by atoms with Gasteiger partial charge in [0, 0.05) is 24.9 Å². The fourth-order valence-corrected chi connectivity index (χ4v) is 5.02. The third-order valence-corrected chi connectivity index (χ3v) is 6.41. The number of hydrogen-bond donors (Lipinski definition) is 0. The van der Waals surface area contributed by atoms with Gasteiger partial charge in [0.1, 0.15) is 33.4 Å². The van der Waals surface area contributed by atoms with Crippen LogP contribution in [0.5, 0.6) is 0 Å². The van der Waals surface area contributed by atoms with Gasteiger partial charge in [-0.05, 0) is 37.8 Å². The summed E-state index contributed by atoms with van der Waals surface area (Å²) in [5.74, 6) is 0.827. The second kappa shape index (κ2) is 7.86. The number of piperidine rings is 1. The molecule has 8 nitrogen and oxygen atoms in total. The Kier molecular flexibility index (Phi) is 5.39. The zero-order valence-corrected chi connectivity index (χ0v) is 17.4. The number of fused-ring (bicyclic) bond motifs is 1. The van der Waals surface area contributed by atoms with Crippen molar-refractivity contribution in [1.82, 2.24) is 24.6 Å². The van der Waals surface area contributed by atoms with E-state index >= 15 is 0 Å². The average molecular weight is 436 g/mol. The van der Waals surface area contributed by atoms with E-state index in [-0.39, 0.29) is 23.4 Å². The van der Waals surface area contributed by atoms with E-state index in [4.69, 9.17) is 0 Å². The Hall–Kier alpha value is -2.69. The van der Waals surface area contributed by atoms with Crippen LogP contribution in [0.3, 0.4) is 0 Å². The Labute approximate surface area is 172 Å². The molecule has 11 heteroatoms. The predicted octanol–water partition coefficient (Wildman–Crippen LogP) is 2.77. The van der Waals surface area contributed by atoms with Crippen LogP contribution in [0.1, 0.15) is 31.9 Å². The summed E-state index contributed by atoms with van der Waals surface area (Å²) in [7, 11) is -3.07. The fraction of sp³-hybridized carbons (Fsp3) is 0.474. The molecule has 0 N–H and O–H groups in total. The molecule has 160 valence electrons. The van der Waals surface area contributed by atoms with Gasteiger partial charge in [-0.25, -0.2) is 36.7 Å². The lowest BCUT2D eigenvalue weighted by molar-refractivity contribution is 0.144. The van der Waals surface area contributed by atoms with Crippen LogP contribution in [0.15, 0.2) is 30.7 Å². The number of rotatable bonds is 5. The minimum atomic E-state index is -3.07. The zero-order valence-electron chi connectivity index (χ0n) is 16.6. The van der Waals surface area contributed by atoms with E-state index in [0.29, 0.717) is 29.4 Å². The zero-order chi connectivity index (χ0) is 21.5. The van der Waals surface area contributed by atoms with Gasteiger partial charge in [0.2, 0.25) is 0 Å². The first kappa shape index (κ1) is 20.6. The summed E-state index contributed by atoms with van der Waals surface area (Å²) in [6.07, 6.45) is 3.21. The smallest absolute Gasteiger partial charge is 0.282 e. The van der Waals surface area contributed by atoms with Gasteiger partial charge >= 0.3 is 0 Å². The highest BCUT2D eigenvalue weighted by Gasteiger charge is 2.29. The van der Waals surface area contributed by atoms with Crippen LogP contribution in [0.25, 0.3) is 17.0 Å². The SMILES string of the molecule is CC1CCC(CS(C)(=O)=O)CN1c1cc(-c2cnc3ccc(C(F)F)nn23)ncn1. The maximum atomic E-state index is 13.1. The van der Waals surface area contributed by atoms with Crippen LogP contribution in [0.2, 0.25) is 0 Å². The maximum absolute atomic E-state index is 13.1. The van der Waals surface area contributed by atoms with Crippen molar-refractivity contribution in [3.05, 3.63) is 36.4 Å². The van der Waals surface area contributed by atoms with Crippen molar-refractivity contribution >= 4 is 21.3 Å². The Morgan fingerprint density at radius 3 is 2.73 bits per heavy atom. The molecule has 1 saturated heterocycles. The van der Waals surface area contributed by atoms with E-state index in [1.807, 2.05) is 0 Å². The molecule has 0 spiro atoms. The van der Waals surface area contributed by atoms with Crippen molar-refractivity contribution in [3.8, 4) is 11.4 Å². The monoisotopic (exact) mass is 436 g/mol. The summed E-state index contributed by atoms with van der Waals surface area (Å²) in [6.45, 7) is 2.65. The molecule has 2 atom stereocenters. The lowest BCUT2D eigenvalue weighted by atomic mass is 9.95. The van der Waals surface area contributed by atoms with Crippen LogP contribution in [-0.4, -0.2) is 57.6 Å². The number of imidazole rings is 1. The minimum Gasteiger partial charge on any atom is -0.353 e. The molecule has 0 saturated carbocycles. The summed E-state index contributed by atoms with van der Waals surface area (Å²) in [4.78, 5) is 15.0. The van der Waals surface area contributed by atoms with Gasteiger partial charge in [0.05, 0.1) is 17.6 Å². The first-order valence-corrected chi connectivity index (χ1v) is 11.7. The minimum absolute atomic E-state index is 0.0284. The van der Waals surface area contributed by atoms with E-state index in [1.165, 1.54) is 35.4 Å². The number of hydrogen-bond acceptors (Lipinski definition) is 7. The van der Waals surface area contributed by atoms with Crippen LogP contribution < -0.4 is 4.90 Å². The van der Waals surface area contributed by atoms with E-state index in [1.54, 1.807) is 6.07 Å². The number of sulfone groups is 1. The molecule has 4 rings (SSSR count). The Morgan fingerprint density at radius 2 is 2.00 bits per heavy atom. The molecule has 2 unspecified atom stereocenters. The Morgan fingerprint density at radius 1 is 1.20 bits per heavy atom.